The van der Waals surface area contributed by atoms with Crippen molar-refractivity contribution in [1.29, 1.82) is 0 Å². The molecule has 192 valence electrons. The molecule has 0 bridgehead atoms. The number of carbonyl (C=O) groups is 1. The fraction of sp³-hybridized carbons (Fsp3) is 0.379. The highest BCUT2D eigenvalue weighted by molar-refractivity contribution is 5.89. The highest BCUT2D eigenvalue weighted by atomic mass is 16.5. The summed E-state index contributed by atoms with van der Waals surface area (Å²) in [7, 11) is 3.94. The first-order valence-corrected chi connectivity index (χ1v) is 12.5. The van der Waals surface area contributed by atoms with E-state index in [1.165, 1.54) is 6.08 Å². The molecule has 0 N–H and O–H groups in total. The van der Waals surface area contributed by atoms with E-state index in [0.29, 0.717) is 26.4 Å². The molecule has 0 spiro atoms. The molecule has 1 heterocycles. The van der Waals surface area contributed by atoms with Gasteiger partial charge in [0.25, 0.3) is 0 Å². The zero-order valence-corrected chi connectivity index (χ0v) is 21.8. The van der Waals surface area contributed by atoms with Crippen molar-refractivity contribution < 1.29 is 19.0 Å². The minimum Gasteiger partial charge on any atom is -0.491 e. The Morgan fingerprint density at radius 3 is 2.53 bits per heavy atom. The Hall–Kier alpha value is -3.58. The zero-order chi connectivity index (χ0) is 25.8. The number of hydrogen-bond donors (Lipinski definition) is 0. The maximum absolute atomic E-state index is 12.0. The smallest absolute Gasteiger partial charge is 0.330 e. The van der Waals surface area contributed by atoms with Crippen molar-refractivity contribution in [1.82, 2.24) is 9.78 Å². The van der Waals surface area contributed by atoms with Gasteiger partial charge in [0.2, 0.25) is 0 Å². The molecule has 0 unspecified atom stereocenters. The van der Waals surface area contributed by atoms with Crippen molar-refractivity contribution >= 4 is 17.7 Å². The Bertz CT molecular complexity index is 1120. The average Bonchev–Trinajstić information content (AvgIpc) is 3.29. The number of hydrogen-bond acceptors (Lipinski definition) is 6. The number of anilines is 1. The van der Waals surface area contributed by atoms with Crippen molar-refractivity contribution in [3.63, 3.8) is 0 Å². The second-order valence-electron chi connectivity index (χ2n) is 8.58. The van der Waals surface area contributed by atoms with E-state index in [1.54, 1.807) is 11.6 Å². The normalized spacial score (nSPS) is 11.1. The number of carbonyl (C=O) groups excluding carboxylic acids is 1. The molecule has 7 nitrogen and oxygen atoms in total. The largest absolute Gasteiger partial charge is 0.491 e. The van der Waals surface area contributed by atoms with Crippen molar-refractivity contribution in [3.8, 4) is 16.9 Å². The molecule has 0 fully saturated rings. The number of esters is 1. The van der Waals surface area contributed by atoms with Gasteiger partial charge < -0.3 is 19.1 Å². The molecule has 0 aliphatic rings. The Morgan fingerprint density at radius 2 is 1.83 bits per heavy atom. The molecular formula is C29H37N3O4. The number of ether oxygens (including phenoxy) is 3. The second kappa shape index (κ2) is 14.1. The molecule has 7 heteroatoms. The standard InChI is InChI=1S/C29H37N3O4/c1-5-7-16-34-17-18-36-27-12-8-24(9-13-27)25-10-14-28(26(19-25)11-15-29(33)35-6-2)31(3)21-23-20-30-32(4)22-23/h8-15,19-20,22H,5-7,16-18,21H2,1-4H3/b15-11+. The Morgan fingerprint density at radius 1 is 1.06 bits per heavy atom. The van der Waals surface area contributed by atoms with Gasteiger partial charge in [0.15, 0.2) is 0 Å². The first-order valence-electron chi connectivity index (χ1n) is 12.5. The van der Waals surface area contributed by atoms with Crippen molar-refractivity contribution in [3.05, 3.63) is 72.1 Å². The first-order chi connectivity index (χ1) is 17.5. The van der Waals surface area contributed by atoms with Gasteiger partial charge in [-0.1, -0.05) is 31.5 Å². The lowest BCUT2D eigenvalue weighted by Crippen LogP contribution is -2.17. The molecule has 0 atom stereocenters. The Kier molecular flexibility index (Phi) is 10.6. The molecule has 0 amide bonds. The molecule has 1 aromatic heterocycles. The molecule has 3 rings (SSSR count). The Labute approximate surface area is 214 Å². The number of aryl methyl sites for hydroxylation is 1. The van der Waals surface area contributed by atoms with Gasteiger partial charge in [-0.3, -0.25) is 4.68 Å². The SMILES string of the molecule is CCCCOCCOc1ccc(-c2ccc(N(C)Cc3cnn(C)c3)c(/C=C/C(=O)OCC)c2)cc1. The molecule has 3 aromatic rings. The summed E-state index contributed by atoms with van der Waals surface area (Å²) < 4.78 is 18.2. The topological polar surface area (TPSA) is 65.8 Å². The van der Waals surface area contributed by atoms with Crippen LogP contribution in [0.15, 0.2) is 60.9 Å². The summed E-state index contributed by atoms with van der Waals surface area (Å²) in [5, 5.41) is 4.26. The van der Waals surface area contributed by atoms with E-state index in [1.807, 2.05) is 56.8 Å². The van der Waals surface area contributed by atoms with Crippen LogP contribution in [0.3, 0.4) is 0 Å². The highest BCUT2D eigenvalue weighted by Crippen LogP contribution is 2.30. The van der Waals surface area contributed by atoms with Crippen LogP contribution in [-0.4, -0.2) is 49.2 Å². The van der Waals surface area contributed by atoms with Crippen LogP contribution in [0.2, 0.25) is 0 Å². The molecule has 36 heavy (non-hydrogen) atoms. The summed E-state index contributed by atoms with van der Waals surface area (Å²) in [5.41, 5.74) is 5.15. The fourth-order valence-electron chi connectivity index (χ4n) is 3.79. The van der Waals surface area contributed by atoms with Gasteiger partial charge in [-0.05, 0) is 60.4 Å². The van der Waals surface area contributed by atoms with Gasteiger partial charge in [0.05, 0.1) is 19.4 Å². The van der Waals surface area contributed by atoms with Crippen LogP contribution >= 0.6 is 0 Å². The van der Waals surface area contributed by atoms with E-state index < -0.39 is 0 Å². The van der Waals surface area contributed by atoms with Crippen LogP contribution < -0.4 is 9.64 Å². The van der Waals surface area contributed by atoms with Gasteiger partial charge in [0.1, 0.15) is 12.4 Å². The predicted octanol–water partition coefficient (Wildman–Crippen LogP) is 5.50. The summed E-state index contributed by atoms with van der Waals surface area (Å²) in [5.74, 6) is 0.456. The second-order valence-corrected chi connectivity index (χ2v) is 8.58. The lowest BCUT2D eigenvalue weighted by atomic mass is 10.0. The van der Waals surface area contributed by atoms with Crippen LogP contribution in [-0.2, 0) is 27.9 Å². The summed E-state index contributed by atoms with van der Waals surface area (Å²) in [4.78, 5) is 14.1. The minimum atomic E-state index is -0.357. The van der Waals surface area contributed by atoms with Gasteiger partial charge in [0, 0.05) is 50.8 Å². The van der Waals surface area contributed by atoms with Gasteiger partial charge in [-0.25, -0.2) is 4.79 Å². The van der Waals surface area contributed by atoms with Gasteiger partial charge in [-0.15, -0.1) is 0 Å². The quantitative estimate of drug-likeness (QED) is 0.169. The van der Waals surface area contributed by atoms with Gasteiger partial charge >= 0.3 is 5.97 Å². The monoisotopic (exact) mass is 491 g/mol. The molecule has 0 aliphatic carbocycles. The van der Waals surface area contributed by atoms with E-state index in [0.717, 1.165) is 53.1 Å². The molecule has 0 saturated carbocycles. The summed E-state index contributed by atoms with van der Waals surface area (Å²) in [6.07, 6.45) is 9.35. The number of nitrogens with zero attached hydrogens (tertiary/aromatic N) is 3. The van der Waals surface area contributed by atoms with Crippen LogP contribution in [0.5, 0.6) is 5.75 Å². The van der Waals surface area contributed by atoms with Crippen molar-refractivity contribution in [2.75, 3.05) is 38.4 Å². The van der Waals surface area contributed by atoms with E-state index in [2.05, 4.69) is 35.1 Å². The third-order valence-corrected chi connectivity index (χ3v) is 5.63. The van der Waals surface area contributed by atoms with Crippen LogP contribution in [0.1, 0.15) is 37.8 Å². The maximum Gasteiger partial charge on any atom is 0.330 e. The third-order valence-electron chi connectivity index (χ3n) is 5.63. The lowest BCUT2D eigenvalue weighted by Gasteiger charge is -2.22. The zero-order valence-electron chi connectivity index (χ0n) is 21.8. The van der Waals surface area contributed by atoms with E-state index in [-0.39, 0.29) is 5.97 Å². The van der Waals surface area contributed by atoms with Crippen LogP contribution in [0.4, 0.5) is 5.69 Å². The third kappa shape index (κ3) is 8.27. The maximum atomic E-state index is 12.0. The number of unbranched alkanes of at least 4 members (excludes halogenated alkanes) is 1. The molecule has 0 saturated heterocycles. The van der Waals surface area contributed by atoms with E-state index >= 15 is 0 Å². The molecule has 0 radical (unpaired) electrons. The van der Waals surface area contributed by atoms with Crippen molar-refractivity contribution in [2.24, 2.45) is 7.05 Å². The van der Waals surface area contributed by atoms with Crippen LogP contribution in [0.25, 0.3) is 17.2 Å². The summed E-state index contributed by atoms with van der Waals surface area (Å²) >= 11 is 0. The minimum absolute atomic E-state index is 0.344. The highest BCUT2D eigenvalue weighted by Gasteiger charge is 2.11. The molecular weight excluding hydrogens is 454 g/mol. The van der Waals surface area contributed by atoms with Gasteiger partial charge in [-0.2, -0.15) is 5.10 Å². The number of benzene rings is 2. The first kappa shape index (κ1) is 27.0. The predicted molar refractivity (Wildman–Crippen MR) is 144 cm³/mol. The fourth-order valence-corrected chi connectivity index (χ4v) is 3.79. The van der Waals surface area contributed by atoms with E-state index in [4.69, 9.17) is 14.2 Å². The van der Waals surface area contributed by atoms with Crippen LogP contribution in [0, 0.1) is 0 Å². The lowest BCUT2D eigenvalue weighted by molar-refractivity contribution is -0.137. The number of rotatable bonds is 14. The summed E-state index contributed by atoms with van der Waals surface area (Å²) in [6.45, 7) is 6.88. The number of aromatic nitrogens is 2. The Balaban J connectivity index is 1.75. The molecule has 2 aromatic carbocycles. The van der Waals surface area contributed by atoms with E-state index in [9.17, 15) is 4.79 Å². The average molecular weight is 492 g/mol. The summed E-state index contributed by atoms with van der Waals surface area (Å²) in [6, 6.07) is 14.3. The molecule has 0 aliphatic heterocycles. The van der Waals surface area contributed by atoms with Crippen molar-refractivity contribution in [2.45, 2.75) is 33.2 Å².